The number of anilines is 1. The van der Waals surface area contributed by atoms with Crippen LogP contribution in [0.5, 0.6) is 0 Å². The second kappa shape index (κ2) is 2.71. The van der Waals surface area contributed by atoms with Gasteiger partial charge in [0, 0.05) is 11.5 Å². The zero-order chi connectivity index (χ0) is 8.55. The molecule has 2 rings (SSSR count). The quantitative estimate of drug-likeness (QED) is 0.666. The fraction of sp³-hybridized carbons (Fsp3) is 0.500. The van der Waals surface area contributed by atoms with E-state index in [1.54, 1.807) is 6.07 Å². The van der Waals surface area contributed by atoms with Crippen molar-refractivity contribution in [2.75, 3.05) is 5.73 Å². The summed E-state index contributed by atoms with van der Waals surface area (Å²) in [6.07, 6.45) is 2.32. The zero-order valence-corrected chi connectivity index (χ0v) is 6.70. The van der Waals surface area contributed by atoms with Crippen molar-refractivity contribution in [1.29, 1.82) is 0 Å². The molecule has 12 heavy (non-hydrogen) atoms. The number of aromatic nitrogens is 2. The lowest BCUT2D eigenvalue weighted by Gasteiger charge is -2.03. The number of aliphatic hydroxyl groups excluding tert-OH is 1. The summed E-state index contributed by atoms with van der Waals surface area (Å²) in [7, 11) is 0. The molecule has 4 nitrogen and oxygen atoms in total. The molecule has 0 aliphatic heterocycles. The Kier molecular flexibility index (Phi) is 1.69. The molecule has 0 radical (unpaired) electrons. The van der Waals surface area contributed by atoms with Crippen molar-refractivity contribution in [2.24, 2.45) is 0 Å². The molecule has 64 valence electrons. The molecule has 4 heteroatoms. The van der Waals surface area contributed by atoms with Gasteiger partial charge in [-0.3, -0.25) is 0 Å². The summed E-state index contributed by atoms with van der Waals surface area (Å²) in [6.45, 7) is 0.00551. The molecule has 1 heterocycles. The number of nitrogens with zero attached hydrogens (tertiary/aromatic N) is 2. The van der Waals surface area contributed by atoms with Crippen molar-refractivity contribution in [3.05, 3.63) is 17.3 Å². The SMILES string of the molecule is Nc1cc(CO)c(C2CC2)nn1. The van der Waals surface area contributed by atoms with E-state index in [1.165, 1.54) is 0 Å². The largest absolute Gasteiger partial charge is 0.392 e. The summed E-state index contributed by atoms with van der Waals surface area (Å²) in [5.41, 5.74) is 7.19. The van der Waals surface area contributed by atoms with Crippen molar-refractivity contribution in [3.8, 4) is 0 Å². The molecule has 3 N–H and O–H groups in total. The monoisotopic (exact) mass is 165 g/mol. The maximum Gasteiger partial charge on any atom is 0.146 e. The molecule has 0 atom stereocenters. The minimum Gasteiger partial charge on any atom is -0.392 e. The number of aliphatic hydroxyl groups is 1. The Morgan fingerprint density at radius 3 is 2.83 bits per heavy atom. The van der Waals surface area contributed by atoms with E-state index in [2.05, 4.69) is 10.2 Å². The molecule has 1 aliphatic carbocycles. The molecule has 0 spiro atoms. The van der Waals surface area contributed by atoms with Crippen LogP contribution in [0, 0.1) is 0 Å². The van der Waals surface area contributed by atoms with Crippen molar-refractivity contribution in [2.45, 2.75) is 25.4 Å². The highest BCUT2D eigenvalue weighted by Crippen LogP contribution is 2.40. The van der Waals surface area contributed by atoms with Crippen molar-refractivity contribution < 1.29 is 5.11 Å². The van der Waals surface area contributed by atoms with Gasteiger partial charge in [-0.2, -0.15) is 5.10 Å². The predicted octanol–water partition coefficient (Wildman–Crippen LogP) is 0.428. The fourth-order valence-corrected chi connectivity index (χ4v) is 1.28. The average molecular weight is 165 g/mol. The first-order valence-electron chi connectivity index (χ1n) is 4.04. The van der Waals surface area contributed by atoms with Crippen LogP contribution in [-0.4, -0.2) is 15.3 Å². The molecule has 0 aromatic carbocycles. The summed E-state index contributed by atoms with van der Waals surface area (Å²) in [5, 5.41) is 16.7. The van der Waals surface area contributed by atoms with Crippen LogP contribution in [-0.2, 0) is 6.61 Å². The van der Waals surface area contributed by atoms with Gasteiger partial charge in [-0.1, -0.05) is 0 Å². The van der Waals surface area contributed by atoms with Crippen LogP contribution in [0.15, 0.2) is 6.07 Å². The van der Waals surface area contributed by atoms with Crippen LogP contribution < -0.4 is 5.73 Å². The van der Waals surface area contributed by atoms with Crippen LogP contribution in [0.4, 0.5) is 5.82 Å². The van der Waals surface area contributed by atoms with Crippen LogP contribution in [0.3, 0.4) is 0 Å². The average Bonchev–Trinajstić information content (AvgIpc) is 2.87. The Morgan fingerprint density at radius 2 is 2.25 bits per heavy atom. The molecule has 0 unspecified atom stereocenters. The molecular weight excluding hydrogens is 154 g/mol. The lowest BCUT2D eigenvalue weighted by molar-refractivity contribution is 0.279. The molecule has 1 aromatic rings. The van der Waals surface area contributed by atoms with E-state index in [-0.39, 0.29) is 6.61 Å². The smallest absolute Gasteiger partial charge is 0.146 e. The molecule has 0 saturated heterocycles. The van der Waals surface area contributed by atoms with Gasteiger partial charge < -0.3 is 10.8 Å². The Bertz CT molecular complexity index is 296. The van der Waals surface area contributed by atoms with Gasteiger partial charge in [0.25, 0.3) is 0 Å². The molecule has 0 amide bonds. The normalized spacial score (nSPS) is 16.4. The van der Waals surface area contributed by atoms with Gasteiger partial charge in [-0.15, -0.1) is 5.10 Å². The van der Waals surface area contributed by atoms with E-state index in [0.29, 0.717) is 11.7 Å². The van der Waals surface area contributed by atoms with E-state index < -0.39 is 0 Å². The maximum atomic E-state index is 9.00. The third-order valence-electron chi connectivity index (χ3n) is 2.06. The summed E-state index contributed by atoms with van der Waals surface area (Å²) in [4.78, 5) is 0. The van der Waals surface area contributed by atoms with Gasteiger partial charge in [-0.05, 0) is 18.9 Å². The maximum absolute atomic E-state index is 9.00. The molecule has 1 aliphatic rings. The number of nitrogen functional groups attached to an aromatic ring is 1. The minimum absolute atomic E-state index is 0.00551. The highest BCUT2D eigenvalue weighted by molar-refractivity contribution is 5.35. The first-order valence-corrected chi connectivity index (χ1v) is 4.04. The molecule has 1 aromatic heterocycles. The van der Waals surface area contributed by atoms with E-state index in [4.69, 9.17) is 10.8 Å². The number of rotatable bonds is 2. The zero-order valence-electron chi connectivity index (χ0n) is 6.70. The van der Waals surface area contributed by atoms with E-state index in [9.17, 15) is 0 Å². The Labute approximate surface area is 70.4 Å². The number of nitrogens with two attached hydrogens (primary N) is 1. The van der Waals surface area contributed by atoms with Gasteiger partial charge in [0.05, 0.1) is 12.3 Å². The third kappa shape index (κ3) is 1.25. The molecule has 0 bridgehead atoms. The van der Waals surface area contributed by atoms with Crippen molar-refractivity contribution in [3.63, 3.8) is 0 Å². The summed E-state index contributed by atoms with van der Waals surface area (Å²) in [6, 6.07) is 1.70. The molecule has 1 fully saturated rings. The van der Waals surface area contributed by atoms with Crippen molar-refractivity contribution in [1.82, 2.24) is 10.2 Å². The van der Waals surface area contributed by atoms with E-state index in [0.717, 1.165) is 24.1 Å². The Balaban J connectivity index is 2.38. The van der Waals surface area contributed by atoms with Gasteiger partial charge in [0.1, 0.15) is 5.82 Å². The standard InChI is InChI=1S/C8H11N3O/c9-7-3-6(4-12)8(11-10-7)5-1-2-5/h3,5,12H,1-2,4H2,(H2,9,10). The van der Waals surface area contributed by atoms with E-state index >= 15 is 0 Å². The van der Waals surface area contributed by atoms with Crippen molar-refractivity contribution >= 4 is 5.82 Å². The first kappa shape index (κ1) is 7.49. The van der Waals surface area contributed by atoms with E-state index in [1.807, 2.05) is 0 Å². The Hall–Kier alpha value is -1.16. The second-order valence-electron chi connectivity index (χ2n) is 3.11. The van der Waals surface area contributed by atoms with Crippen LogP contribution >= 0.6 is 0 Å². The molecular formula is C8H11N3O. The topological polar surface area (TPSA) is 72.0 Å². The van der Waals surface area contributed by atoms with Gasteiger partial charge >= 0.3 is 0 Å². The van der Waals surface area contributed by atoms with Gasteiger partial charge in [0.15, 0.2) is 0 Å². The molecule has 1 saturated carbocycles. The summed E-state index contributed by atoms with van der Waals surface area (Å²) < 4.78 is 0. The van der Waals surface area contributed by atoms with Gasteiger partial charge in [-0.25, -0.2) is 0 Å². The van der Waals surface area contributed by atoms with Gasteiger partial charge in [0.2, 0.25) is 0 Å². The highest BCUT2D eigenvalue weighted by atomic mass is 16.3. The lowest BCUT2D eigenvalue weighted by atomic mass is 10.1. The minimum atomic E-state index is 0.00551. The Morgan fingerprint density at radius 1 is 1.50 bits per heavy atom. The second-order valence-corrected chi connectivity index (χ2v) is 3.11. The number of hydrogen-bond donors (Lipinski definition) is 2. The number of hydrogen-bond acceptors (Lipinski definition) is 4. The summed E-state index contributed by atoms with van der Waals surface area (Å²) in [5.74, 6) is 0.892. The lowest BCUT2D eigenvalue weighted by Crippen LogP contribution is -2.02. The first-order chi connectivity index (χ1) is 5.81. The van der Waals surface area contributed by atoms with Crippen LogP contribution in [0.2, 0.25) is 0 Å². The van der Waals surface area contributed by atoms with Crippen LogP contribution in [0.25, 0.3) is 0 Å². The third-order valence-corrected chi connectivity index (χ3v) is 2.06. The van der Waals surface area contributed by atoms with Crippen LogP contribution in [0.1, 0.15) is 30.0 Å². The summed E-state index contributed by atoms with van der Waals surface area (Å²) >= 11 is 0. The highest BCUT2D eigenvalue weighted by Gasteiger charge is 2.27. The predicted molar refractivity (Wildman–Crippen MR) is 44.3 cm³/mol. The fourth-order valence-electron chi connectivity index (χ4n) is 1.28.